The molecule has 0 aromatic rings. The van der Waals surface area contributed by atoms with Crippen LogP contribution in [0.5, 0.6) is 0 Å². The maximum absolute atomic E-state index is 12.5. The molecule has 1 saturated heterocycles. The van der Waals surface area contributed by atoms with E-state index >= 15 is 0 Å². The topological polar surface area (TPSA) is 32.3 Å². The molecule has 2 rings (SSSR count). The van der Waals surface area contributed by atoms with Crippen LogP contribution < -0.4 is 5.32 Å². The fourth-order valence-corrected chi connectivity index (χ4v) is 3.24. The van der Waals surface area contributed by atoms with Gasteiger partial charge in [0.2, 0.25) is 5.91 Å². The van der Waals surface area contributed by atoms with Crippen LogP contribution in [0.2, 0.25) is 0 Å². The van der Waals surface area contributed by atoms with E-state index in [-0.39, 0.29) is 17.9 Å². The number of nitrogens with one attached hydrogen (secondary N) is 1. The Bertz CT molecular complexity index is 258. The fraction of sp³-hybridized carbons (Fsp3) is 0.923. The maximum Gasteiger partial charge on any atom is 0.242 e. The molecule has 1 amide bonds. The number of likely N-dealkylation sites (N-methyl/N-ethyl adjacent to an activating group) is 1. The van der Waals surface area contributed by atoms with E-state index in [1.54, 1.807) is 0 Å². The second-order valence-corrected chi connectivity index (χ2v) is 5.32. The Balaban J connectivity index is 0.00000144. The Morgan fingerprint density at radius 2 is 2.00 bits per heavy atom. The van der Waals surface area contributed by atoms with Crippen molar-refractivity contribution in [2.45, 2.75) is 63.5 Å². The van der Waals surface area contributed by atoms with Gasteiger partial charge in [0.25, 0.3) is 0 Å². The van der Waals surface area contributed by atoms with Gasteiger partial charge >= 0.3 is 0 Å². The van der Waals surface area contributed by atoms with Gasteiger partial charge in [-0.05, 0) is 38.6 Å². The SMILES string of the molecule is CCC1(C(=O)N(C)C2CCCC2)CCCN1.Cl. The van der Waals surface area contributed by atoms with E-state index < -0.39 is 0 Å². The van der Waals surface area contributed by atoms with Gasteiger partial charge < -0.3 is 10.2 Å². The van der Waals surface area contributed by atoms with Gasteiger partial charge in [-0.1, -0.05) is 19.8 Å². The van der Waals surface area contributed by atoms with Crippen molar-refractivity contribution in [3.05, 3.63) is 0 Å². The Labute approximate surface area is 111 Å². The third kappa shape index (κ3) is 2.76. The van der Waals surface area contributed by atoms with Gasteiger partial charge in [0, 0.05) is 13.1 Å². The summed E-state index contributed by atoms with van der Waals surface area (Å²) in [5.41, 5.74) is -0.239. The van der Waals surface area contributed by atoms with E-state index in [9.17, 15) is 4.79 Å². The summed E-state index contributed by atoms with van der Waals surface area (Å²) in [5.74, 6) is 0.333. The van der Waals surface area contributed by atoms with Gasteiger partial charge in [0.1, 0.15) is 0 Å². The molecule has 4 heteroatoms. The third-order valence-corrected chi connectivity index (χ3v) is 4.45. The first-order valence-electron chi connectivity index (χ1n) is 6.72. The molecule has 3 nitrogen and oxygen atoms in total. The zero-order valence-electron chi connectivity index (χ0n) is 11.0. The van der Waals surface area contributed by atoms with Gasteiger partial charge in [-0.2, -0.15) is 0 Å². The Hall–Kier alpha value is -0.280. The normalized spacial score (nSPS) is 29.1. The van der Waals surface area contributed by atoms with Crippen LogP contribution in [-0.2, 0) is 4.79 Å². The van der Waals surface area contributed by atoms with E-state index in [0.717, 1.165) is 25.8 Å². The highest BCUT2D eigenvalue weighted by Gasteiger charge is 2.42. The average molecular weight is 261 g/mol. The first kappa shape index (κ1) is 14.8. The molecule has 1 saturated carbocycles. The summed E-state index contributed by atoms with van der Waals surface area (Å²) < 4.78 is 0. The van der Waals surface area contributed by atoms with E-state index in [1.165, 1.54) is 25.7 Å². The molecule has 1 unspecified atom stereocenters. The van der Waals surface area contributed by atoms with Crippen molar-refractivity contribution >= 4 is 18.3 Å². The summed E-state index contributed by atoms with van der Waals surface area (Å²) in [6, 6.07) is 0.498. The molecule has 1 aliphatic carbocycles. The first-order valence-corrected chi connectivity index (χ1v) is 6.72. The fourth-order valence-electron chi connectivity index (χ4n) is 3.24. The summed E-state index contributed by atoms with van der Waals surface area (Å²) >= 11 is 0. The van der Waals surface area contributed by atoms with E-state index in [0.29, 0.717) is 11.9 Å². The molecule has 0 spiro atoms. The average Bonchev–Trinajstić information content (AvgIpc) is 2.98. The van der Waals surface area contributed by atoms with Gasteiger partial charge in [-0.3, -0.25) is 4.79 Å². The minimum Gasteiger partial charge on any atom is -0.341 e. The molecule has 1 atom stereocenters. The van der Waals surface area contributed by atoms with Crippen molar-refractivity contribution in [2.24, 2.45) is 0 Å². The Kier molecular flexibility index (Phi) is 5.26. The van der Waals surface area contributed by atoms with Crippen molar-refractivity contribution in [3.8, 4) is 0 Å². The summed E-state index contributed by atoms with van der Waals surface area (Å²) in [7, 11) is 2.00. The minimum absolute atomic E-state index is 0. The van der Waals surface area contributed by atoms with E-state index in [1.807, 2.05) is 11.9 Å². The second kappa shape index (κ2) is 6.05. The lowest BCUT2D eigenvalue weighted by Crippen LogP contribution is -2.55. The number of carbonyl (C=O) groups is 1. The predicted octanol–water partition coefficient (Wildman–Crippen LogP) is 2.34. The van der Waals surface area contributed by atoms with E-state index in [2.05, 4.69) is 12.2 Å². The molecule has 0 aromatic carbocycles. The van der Waals surface area contributed by atoms with Gasteiger partial charge in [0.15, 0.2) is 0 Å². The number of nitrogens with zero attached hydrogens (tertiary/aromatic N) is 1. The highest BCUT2D eigenvalue weighted by atomic mass is 35.5. The molecule has 2 fully saturated rings. The number of rotatable bonds is 3. The van der Waals surface area contributed by atoms with Crippen LogP contribution in [0.25, 0.3) is 0 Å². The molecule has 1 heterocycles. The number of hydrogen-bond donors (Lipinski definition) is 1. The van der Waals surface area contributed by atoms with Gasteiger partial charge in [-0.25, -0.2) is 0 Å². The van der Waals surface area contributed by atoms with E-state index in [4.69, 9.17) is 0 Å². The lowest BCUT2D eigenvalue weighted by atomic mass is 9.92. The molecule has 17 heavy (non-hydrogen) atoms. The zero-order valence-corrected chi connectivity index (χ0v) is 11.8. The van der Waals surface area contributed by atoms with Crippen LogP contribution in [0.4, 0.5) is 0 Å². The molecule has 100 valence electrons. The molecular formula is C13H25ClN2O. The summed E-state index contributed by atoms with van der Waals surface area (Å²) in [5, 5.41) is 3.43. The summed E-state index contributed by atoms with van der Waals surface area (Å²) in [6.45, 7) is 3.12. The quantitative estimate of drug-likeness (QED) is 0.845. The smallest absolute Gasteiger partial charge is 0.242 e. The molecular weight excluding hydrogens is 236 g/mol. The van der Waals surface area contributed by atoms with Crippen LogP contribution in [0.3, 0.4) is 0 Å². The molecule has 0 radical (unpaired) electrons. The summed E-state index contributed by atoms with van der Waals surface area (Å²) in [4.78, 5) is 14.6. The number of hydrogen-bond acceptors (Lipinski definition) is 2. The minimum atomic E-state index is -0.239. The molecule has 1 N–H and O–H groups in total. The second-order valence-electron chi connectivity index (χ2n) is 5.32. The summed E-state index contributed by atoms with van der Waals surface area (Å²) in [6.07, 6.45) is 8.04. The Morgan fingerprint density at radius 3 is 2.47 bits per heavy atom. The van der Waals surface area contributed by atoms with Crippen molar-refractivity contribution in [3.63, 3.8) is 0 Å². The van der Waals surface area contributed by atoms with Crippen molar-refractivity contribution in [1.29, 1.82) is 0 Å². The van der Waals surface area contributed by atoms with Crippen LogP contribution in [-0.4, -0.2) is 36.0 Å². The third-order valence-electron chi connectivity index (χ3n) is 4.45. The highest BCUT2D eigenvalue weighted by molar-refractivity contribution is 5.86. The zero-order chi connectivity index (χ0) is 11.6. The van der Waals surface area contributed by atoms with Crippen molar-refractivity contribution in [1.82, 2.24) is 10.2 Å². The molecule has 1 aliphatic heterocycles. The molecule has 0 aromatic heterocycles. The largest absolute Gasteiger partial charge is 0.341 e. The van der Waals surface area contributed by atoms with Crippen molar-refractivity contribution in [2.75, 3.05) is 13.6 Å². The van der Waals surface area contributed by atoms with Crippen LogP contribution in [0.15, 0.2) is 0 Å². The van der Waals surface area contributed by atoms with Gasteiger partial charge in [0.05, 0.1) is 5.54 Å². The van der Waals surface area contributed by atoms with Crippen LogP contribution in [0, 0.1) is 0 Å². The van der Waals surface area contributed by atoms with Crippen molar-refractivity contribution < 1.29 is 4.79 Å². The first-order chi connectivity index (χ1) is 7.69. The highest BCUT2D eigenvalue weighted by Crippen LogP contribution is 2.29. The van der Waals surface area contributed by atoms with Crippen LogP contribution in [0.1, 0.15) is 51.9 Å². The molecule has 0 bridgehead atoms. The standard InChI is InChI=1S/C13H24N2O.ClH/c1-3-13(9-6-10-14-13)12(16)15(2)11-7-4-5-8-11;/h11,14H,3-10H2,1-2H3;1H. The predicted molar refractivity (Wildman–Crippen MR) is 72.5 cm³/mol. The molecule has 2 aliphatic rings. The number of amides is 1. The lowest BCUT2D eigenvalue weighted by molar-refractivity contribution is -0.138. The lowest BCUT2D eigenvalue weighted by Gasteiger charge is -2.35. The number of carbonyl (C=O) groups excluding carboxylic acids is 1. The van der Waals surface area contributed by atoms with Gasteiger partial charge in [-0.15, -0.1) is 12.4 Å². The Morgan fingerprint density at radius 1 is 1.35 bits per heavy atom. The van der Waals surface area contributed by atoms with Crippen LogP contribution >= 0.6 is 12.4 Å². The monoisotopic (exact) mass is 260 g/mol. The maximum atomic E-state index is 12.5. The number of halogens is 1.